The Bertz CT molecular complexity index is 534. The number of nitrogens with one attached hydrogen (secondary N) is 1. The summed E-state index contributed by atoms with van der Waals surface area (Å²) in [5.41, 5.74) is 4.03. The maximum Gasteiger partial charge on any atom is 0.0429 e. The van der Waals surface area contributed by atoms with E-state index in [1.165, 1.54) is 16.8 Å². The molecule has 2 aromatic rings. The third kappa shape index (κ3) is 4.91. The van der Waals surface area contributed by atoms with Crippen LogP contribution >= 0.6 is 0 Å². The topological polar surface area (TPSA) is 15.3 Å². The van der Waals surface area contributed by atoms with Gasteiger partial charge in [0.1, 0.15) is 0 Å². The van der Waals surface area contributed by atoms with Crippen molar-refractivity contribution in [1.82, 2.24) is 5.32 Å². The second kappa shape index (κ2) is 7.84. The van der Waals surface area contributed by atoms with Crippen molar-refractivity contribution >= 4 is 5.69 Å². The van der Waals surface area contributed by atoms with E-state index in [0.29, 0.717) is 5.92 Å². The molecular weight excluding hydrogens is 256 g/mol. The Morgan fingerprint density at radius 2 is 1.52 bits per heavy atom. The van der Waals surface area contributed by atoms with Gasteiger partial charge in [-0.25, -0.2) is 0 Å². The summed E-state index contributed by atoms with van der Waals surface area (Å²) in [7, 11) is 2.15. The molecule has 0 saturated carbocycles. The number of hydrogen-bond acceptors (Lipinski definition) is 2. The summed E-state index contributed by atoms with van der Waals surface area (Å²) in [5, 5.41) is 3.54. The van der Waals surface area contributed by atoms with Crippen molar-refractivity contribution in [2.24, 2.45) is 5.92 Å². The average Bonchev–Trinajstić information content (AvgIpc) is 2.49. The van der Waals surface area contributed by atoms with Crippen molar-refractivity contribution < 1.29 is 0 Å². The van der Waals surface area contributed by atoms with Crippen molar-refractivity contribution in [2.75, 3.05) is 18.5 Å². The van der Waals surface area contributed by atoms with Crippen molar-refractivity contribution in [3.63, 3.8) is 0 Å². The van der Waals surface area contributed by atoms with E-state index in [1.54, 1.807) is 0 Å². The van der Waals surface area contributed by atoms with Gasteiger partial charge in [0.25, 0.3) is 0 Å². The molecule has 0 radical (unpaired) electrons. The molecular formula is C19H26N2. The molecule has 0 unspecified atom stereocenters. The predicted octanol–water partition coefficient (Wildman–Crippen LogP) is 4.07. The summed E-state index contributed by atoms with van der Waals surface area (Å²) in [4.78, 5) is 2.29. The number of anilines is 1. The Morgan fingerprint density at radius 3 is 2.19 bits per heavy atom. The number of nitrogens with zero attached hydrogens (tertiary/aromatic N) is 1. The first-order valence-electron chi connectivity index (χ1n) is 7.70. The van der Waals surface area contributed by atoms with Crippen LogP contribution in [-0.4, -0.2) is 13.6 Å². The second-order valence-corrected chi connectivity index (χ2v) is 5.99. The van der Waals surface area contributed by atoms with Crippen LogP contribution < -0.4 is 10.2 Å². The van der Waals surface area contributed by atoms with Gasteiger partial charge < -0.3 is 10.2 Å². The van der Waals surface area contributed by atoms with Crippen LogP contribution in [0.15, 0.2) is 54.6 Å². The minimum atomic E-state index is 0.684. The summed E-state index contributed by atoms with van der Waals surface area (Å²) in [5.74, 6) is 0.684. The minimum Gasteiger partial charge on any atom is -0.370 e. The zero-order valence-corrected chi connectivity index (χ0v) is 13.3. The van der Waals surface area contributed by atoms with Crippen molar-refractivity contribution in [3.05, 3.63) is 65.7 Å². The van der Waals surface area contributed by atoms with Crippen LogP contribution in [0.3, 0.4) is 0 Å². The van der Waals surface area contributed by atoms with Crippen molar-refractivity contribution in [1.29, 1.82) is 0 Å². The van der Waals surface area contributed by atoms with E-state index in [-0.39, 0.29) is 0 Å². The lowest BCUT2D eigenvalue weighted by Gasteiger charge is -2.21. The molecule has 0 heterocycles. The highest BCUT2D eigenvalue weighted by Gasteiger charge is 2.06. The van der Waals surface area contributed by atoms with Gasteiger partial charge in [-0.15, -0.1) is 0 Å². The molecule has 2 rings (SSSR count). The molecule has 0 aliphatic heterocycles. The molecule has 2 aromatic carbocycles. The summed E-state index contributed by atoms with van der Waals surface area (Å²) in [6, 6.07) is 19.2. The van der Waals surface area contributed by atoms with Crippen LogP contribution in [0.1, 0.15) is 25.0 Å². The van der Waals surface area contributed by atoms with E-state index in [0.717, 1.165) is 19.6 Å². The van der Waals surface area contributed by atoms with Gasteiger partial charge in [-0.05, 0) is 35.7 Å². The lowest BCUT2D eigenvalue weighted by molar-refractivity contribution is 0.551. The molecule has 0 bridgehead atoms. The van der Waals surface area contributed by atoms with Gasteiger partial charge in [-0.1, -0.05) is 56.3 Å². The molecule has 1 N–H and O–H groups in total. The quantitative estimate of drug-likeness (QED) is 0.823. The predicted molar refractivity (Wildman–Crippen MR) is 91.5 cm³/mol. The lowest BCUT2D eigenvalue weighted by Crippen LogP contribution is -2.22. The van der Waals surface area contributed by atoms with Gasteiger partial charge in [0.2, 0.25) is 0 Å². The van der Waals surface area contributed by atoms with E-state index in [2.05, 4.69) is 85.7 Å². The van der Waals surface area contributed by atoms with E-state index >= 15 is 0 Å². The summed E-state index contributed by atoms with van der Waals surface area (Å²) >= 11 is 0. The minimum absolute atomic E-state index is 0.684. The van der Waals surface area contributed by atoms with Gasteiger partial charge in [0, 0.05) is 25.8 Å². The number of benzene rings is 2. The first-order valence-corrected chi connectivity index (χ1v) is 7.70. The highest BCUT2D eigenvalue weighted by molar-refractivity contribution is 5.46. The fourth-order valence-electron chi connectivity index (χ4n) is 2.41. The van der Waals surface area contributed by atoms with Crippen molar-refractivity contribution in [3.8, 4) is 0 Å². The van der Waals surface area contributed by atoms with Crippen molar-refractivity contribution in [2.45, 2.75) is 26.9 Å². The molecule has 21 heavy (non-hydrogen) atoms. The molecule has 0 spiro atoms. The highest BCUT2D eigenvalue weighted by atomic mass is 15.1. The van der Waals surface area contributed by atoms with Crippen LogP contribution in [0.4, 0.5) is 5.69 Å². The maximum atomic E-state index is 3.54. The first kappa shape index (κ1) is 15.6. The van der Waals surface area contributed by atoms with Gasteiger partial charge >= 0.3 is 0 Å². The van der Waals surface area contributed by atoms with Gasteiger partial charge in [0.05, 0.1) is 0 Å². The van der Waals surface area contributed by atoms with E-state index in [4.69, 9.17) is 0 Å². The standard InChI is InChI=1S/C19H26N2/c1-16(2)13-20-14-17-9-7-8-10-18(17)15-21(3)19-11-5-4-6-12-19/h4-12,16,20H,13-15H2,1-3H3. The molecule has 2 nitrogen and oxygen atoms in total. The molecule has 0 saturated heterocycles. The first-order chi connectivity index (χ1) is 10.2. The third-order valence-electron chi connectivity index (χ3n) is 3.59. The largest absolute Gasteiger partial charge is 0.370 e. The van der Waals surface area contributed by atoms with Crippen LogP contribution in [0.5, 0.6) is 0 Å². The maximum absolute atomic E-state index is 3.54. The monoisotopic (exact) mass is 282 g/mol. The fourth-order valence-corrected chi connectivity index (χ4v) is 2.41. The Kier molecular flexibility index (Phi) is 5.82. The van der Waals surface area contributed by atoms with Crippen LogP contribution in [0.2, 0.25) is 0 Å². The lowest BCUT2D eigenvalue weighted by atomic mass is 10.1. The number of para-hydroxylation sites is 1. The normalized spacial score (nSPS) is 10.9. The molecule has 112 valence electrons. The molecule has 2 heteroatoms. The van der Waals surface area contributed by atoms with Crippen LogP contribution in [-0.2, 0) is 13.1 Å². The van der Waals surface area contributed by atoms with Gasteiger partial charge in [0.15, 0.2) is 0 Å². The number of hydrogen-bond donors (Lipinski definition) is 1. The summed E-state index contributed by atoms with van der Waals surface area (Å²) in [6.45, 7) is 7.41. The zero-order chi connectivity index (χ0) is 15.1. The SMILES string of the molecule is CC(C)CNCc1ccccc1CN(C)c1ccccc1. The van der Waals surface area contributed by atoms with E-state index in [1.807, 2.05) is 0 Å². The number of rotatable bonds is 7. The Hall–Kier alpha value is -1.80. The summed E-state index contributed by atoms with van der Waals surface area (Å²) < 4.78 is 0. The molecule has 0 amide bonds. The Labute approximate surface area is 128 Å². The average molecular weight is 282 g/mol. The Balaban J connectivity index is 2.02. The molecule has 0 aliphatic carbocycles. The summed E-state index contributed by atoms with van der Waals surface area (Å²) in [6.07, 6.45) is 0. The third-order valence-corrected chi connectivity index (χ3v) is 3.59. The fraction of sp³-hybridized carbons (Fsp3) is 0.368. The van der Waals surface area contributed by atoms with E-state index < -0.39 is 0 Å². The molecule has 0 aliphatic rings. The van der Waals surface area contributed by atoms with Crippen LogP contribution in [0, 0.1) is 5.92 Å². The zero-order valence-electron chi connectivity index (χ0n) is 13.3. The highest BCUT2D eigenvalue weighted by Crippen LogP contribution is 2.17. The molecule has 0 aromatic heterocycles. The van der Waals surface area contributed by atoms with Crippen LogP contribution in [0.25, 0.3) is 0 Å². The molecule has 0 fully saturated rings. The molecule has 0 atom stereocenters. The Morgan fingerprint density at radius 1 is 0.905 bits per heavy atom. The van der Waals surface area contributed by atoms with E-state index in [9.17, 15) is 0 Å². The van der Waals surface area contributed by atoms with Gasteiger partial charge in [-0.3, -0.25) is 0 Å². The smallest absolute Gasteiger partial charge is 0.0429 e. The van der Waals surface area contributed by atoms with Gasteiger partial charge in [-0.2, -0.15) is 0 Å². The second-order valence-electron chi connectivity index (χ2n) is 5.99.